The molecule has 0 aliphatic carbocycles. The standard InChI is InChI=1S/C18H29N5O3/c1-21(2)17(25)11-16(24)15-10-14-12-22(7-8-23(14)20-15)18(26)9-13-3-5-19-6-4-13/h10,13,16,19,24H,3-9,11-12H2,1-2H3/t16-/m1/s1. The van der Waals surface area contributed by atoms with E-state index in [1.807, 2.05) is 15.6 Å². The molecule has 0 aromatic carbocycles. The molecule has 2 aliphatic rings. The Kier molecular flexibility index (Phi) is 5.93. The van der Waals surface area contributed by atoms with Gasteiger partial charge < -0.3 is 20.2 Å². The van der Waals surface area contributed by atoms with Gasteiger partial charge in [-0.05, 0) is 37.9 Å². The number of amides is 2. The van der Waals surface area contributed by atoms with Crippen molar-refractivity contribution in [2.45, 2.75) is 44.9 Å². The number of nitrogens with zero attached hydrogens (tertiary/aromatic N) is 4. The van der Waals surface area contributed by atoms with Crippen LogP contribution in [0.25, 0.3) is 0 Å². The predicted molar refractivity (Wildman–Crippen MR) is 96.1 cm³/mol. The molecule has 2 amide bonds. The van der Waals surface area contributed by atoms with Crippen molar-refractivity contribution >= 4 is 11.8 Å². The van der Waals surface area contributed by atoms with Crippen LogP contribution in [0.4, 0.5) is 0 Å². The van der Waals surface area contributed by atoms with Crippen molar-refractivity contribution < 1.29 is 14.7 Å². The lowest BCUT2D eigenvalue weighted by Crippen LogP contribution is -2.40. The van der Waals surface area contributed by atoms with Gasteiger partial charge in [0.15, 0.2) is 0 Å². The van der Waals surface area contributed by atoms with Crippen molar-refractivity contribution in [3.8, 4) is 0 Å². The minimum atomic E-state index is -0.915. The smallest absolute Gasteiger partial charge is 0.225 e. The summed E-state index contributed by atoms with van der Waals surface area (Å²) in [5, 5.41) is 18.0. The average molecular weight is 363 g/mol. The summed E-state index contributed by atoms with van der Waals surface area (Å²) in [6.45, 7) is 3.78. The second-order valence-corrected chi connectivity index (χ2v) is 7.50. The van der Waals surface area contributed by atoms with E-state index in [0.717, 1.165) is 31.6 Å². The maximum Gasteiger partial charge on any atom is 0.225 e. The molecule has 2 aliphatic heterocycles. The molecular formula is C18H29N5O3. The zero-order valence-corrected chi connectivity index (χ0v) is 15.6. The Labute approximate surface area is 154 Å². The molecule has 0 saturated carbocycles. The Morgan fingerprint density at radius 1 is 1.35 bits per heavy atom. The van der Waals surface area contributed by atoms with Crippen LogP contribution in [0, 0.1) is 5.92 Å². The number of carbonyl (C=O) groups is 2. The molecule has 8 nitrogen and oxygen atoms in total. The fourth-order valence-electron chi connectivity index (χ4n) is 3.58. The van der Waals surface area contributed by atoms with E-state index in [9.17, 15) is 14.7 Å². The number of hydrogen-bond donors (Lipinski definition) is 2. The quantitative estimate of drug-likeness (QED) is 0.776. The fourth-order valence-corrected chi connectivity index (χ4v) is 3.58. The Bertz CT molecular complexity index is 651. The number of aromatic nitrogens is 2. The van der Waals surface area contributed by atoms with E-state index in [1.54, 1.807) is 14.1 Å². The molecule has 1 aromatic heterocycles. The summed E-state index contributed by atoms with van der Waals surface area (Å²) in [4.78, 5) is 27.7. The lowest BCUT2D eigenvalue weighted by molar-refractivity contribution is -0.134. The molecule has 2 N–H and O–H groups in total. The number of carbonyl (C=O) groups excluding carboxylic acids is 2. The second kappa shape index (κ2) is 8.18. The Morgan fingerprint density at radius 3 is 2.77 bits per heavy atom. The molecule has 144 valence electrons. The molecule has 8 heteroatoms. The lowest BCUT2D eigenvalue weighted by atomic mass is 9.94. The van der Waals surface area contributed by atoms with Crippen LogP contribution in [0.5, 0.6) is 0 Å². The van der Waals surface area contributed by atoms with E-state index in [-0.39, 0.29) is 18.2 Å². The van der Waals surface area contributed by atoms with Crippen LogP contribution in [-0.4, -0.2) is 70.2 Å². The number of aliphatic hydroxyl groups is 1. The molecule has 0 unspecified atom stereocenters. The SMILES string of the molecule is CN(C)C(=O)C[C@@H](O)c1cc2n(n1)CCN(C(=O)CC1CCNCC1)C2. The highest BCUT2D eigenvalue weighted by Crippen LogP contribution is 2.23. The van der Waals surface area contributed by atoms with E-state index in [0.29, 0.717) is 37.7 Å². The Balaban J connectivity index is 1.59. The number of hydrogen-bond acceptors (Lipinski definition) is 5. The minimum Gasteiger partial charge on any atom is -0.386 e. The largest absolute Gasteiger partial charge is 0.386 e. The fraction of sp³-hybridized carbons (Fsp3) is 0.722. The van der Waals surface area contributed by atoms with Gasteiger partial charge >= 0.3 is 0 Å². The summed E-state index contributed by atoms with van der Waals surface area (Å²) < 4.78 is 1.84. The Morgan fingerprint density at radius 2 is 2.08 bits per heavy atom. The van der Waals surface area contributed by atoms with Crippen molar-refractivity contribution in [2.24, 2.45) is 5.92 Å². The third-order valence-electron chi connectivity index (χ3n) is 5.30. The van der Waals surface area contributed by atoms with E-state index < -0.39 is 6.10 Å². The van der Waals surface area contributed by atoms with E-state index in [1.165, 1.54) is 4.90 Å². The lowest BCUT2D eigenvalue weighted by Gasteiger charge is -2.30. The van der Waals surface area contributed by atoms with Crippen LogP contribution in [-0.2, 0) is 22.7 Å². The van der Waals surface area contributed by atoms with Crippen molar-refractivity contribution in [1.29, 1.82) is 0 Å². The van der Waals surface area contributed by atoms with Crippen molar-refractivity contribution in [2.75, 3.05) is 33.7 Å². The highest BCUT2D eigenvalue weighted by atomic mass is 16.3. The number of piperidine rings is 1. The number of rotatable bonds is 5. The second-order valence-electron chi connectivity index (χ2n) is 7.50. The topological polar surface area (TPSA) is 90.7 Å². The summed E-state index contributed by atoms with van der Waals surface area (Å²) in [6, 6.07) is 1.82. The predicted octanol–water partition coefficient (Wildman–Crippen LogP) is 0.127. The first-order valence-electron chi connectivity index (χ1n) is 9.37. The van der Waals surface area contributed by atoms with Gasteiger partial charge in [0.25, 0.3) is 0 Å². The monoisotopic (exact) mass is 363 g/mol. The first-order chi connectivity index (χ1) is 12.4. The van der Waals surface area contributed by atoms with Gasteiger partial charge in [-0.25, -0.2) is 0 Å². The third-order valence-corrected chi connectivity index (χ3v) is 5.30. The number of fused-ring (bicyclic) bond motifs is 1. The molecular weight excluding hydrogens is 334 g/mol. The van der Waals surface area contributed by atoms with E-state index in [2.05, 4.69) is 10.4 Å². The number of aliphatic hydroxyl groups excluding tert-OH is 1. The molecule has 26 heavy (non-hydrogen) atoms. The molecule has 1 aromatic rings. The van der Waals surface area contributed by atoms with Gasteiger partial charge in [-0.1, -0.05) is 0 Å². The molecule has 1 fully saturated rings. The zero-order chi connectivity index (χ0) is 18.7. The summed E-state index contributed by atoms with van der Waals surface area (Å²) in [5.41, 5.74) is 1.42. The van der Waals surface area contributed by atoms with Crippen molar-refractivity contribution in [3.63, 3.8) is 0 Å². The maximum absolute atomic E-state index is 12.6. The molecule has 1 saturated heterocycles. The van der Waals surface area contributed by atoms with Gasteiger partial charge in [0.1, 0.15) is 6.10 Å². The highest BCUT2D eigenvalue weighted by Gasteiger charge is 2.27. The van der Waals surface area contributed by atoms with Crippen LogP contribution in [0.15, 0.2) is 6.07 Å². The third kappa shape index (κ3) is 4.42. The summed E-state index contributed by atoms with van der Waals surface area (Å²) in [6.07, 6.45) is 1.84. The van der Waals surface area contributed by atoms with Crippen LogP contribution < -0.4 is 5.32 Å². The molecule has 3 rings (SSSR count). The maximum atomic E-state index is 12.6. The number of nitrogens with one attached hydrogen (secondary N) is 1. The highest BCUT2D eigenvalue weighted by molar-refractivity contribution is 5.77. The van der Waals surface area contributed by atoms with Crippen LogP contribution >= 0.6 is 0 Å². The molecule has 1 atom stereocenters. The first-order valence-corrected chi connectivity index (χ1v) is 9.37. The van der Waals surface area contributed by atoms with Gasteiger partial charge in [-0.3, -0.25) is 14.3 Å². The van der Waals surface area contributed by atoms with Crippen molar-refractivity contribution in [3.05, 3.63) is 17.5 Å². The molecule has 3 heterocycles. The molecule has 0 bridgehead atoms. The zero-order valence-electron chi connectivity index (χ0n) is 15.6. The minimum absolute atomic E-state index is 0.0157. The van der Waals surface area contributed by atoms with Crippen LogP contribution in [0.1, 0.15) is 43.2 Å². The molecule has 0 radical (unpaired) electrons. The van der Waals surface area contributed by atoms with E-state index in [4.69, 9.17) is 0 Å². The van der Waals surface area contributed by atoms with Crippen LogP contribution in [0.2, 0.25) is 0 Å². The Hall–Kier alpha value is -1.93. The van der Waals surface area contributed by atoms with Crippen LogP contribution in [0.3, 0.4) is 0 Å². The first kappa shape index (κ1) is 18.8. The normalized spacial score (nSPS) is 19.1. The van der Waals surface area contributed by atoms with E-state index >= 15 is 0 Å². The molecule has 0 spiro atoms. The van der Waals surface area contributed by atoms with Gasteiger partial charge in [0.2, 0.25) is 11.8 Å². The summed E-state index contributed by atoms with van der Waals surface area (Å²) in [5.74, 6) is 0.543. The van der Waals surface area contributed by atoms with Gasteiger partial charge in [-0.15, -0.1) is 0 Å². The van der Waals surface area contributed by atoms with Crippen molar-refractivity contribution in [1.82, 2.24) is 24.9 Å². The van der Waals surface area contributed by atoms with Gasteiger partial charge in [-0.2, -0.15) is 5.10 Å². The van der Waals surface area contributed by atoms with Gasteiger partial charge in [0, 0.05) is 27.1 Å². The average Bonchev–Trinajstić information content (AvgIpc) is 3.05. The van der Waals surface area contributed by atoms with Gasteiger partial charge in [0.05, 0.1) is 30.9 Å². The summed E-state index contributed by atoms with van der Waals surface area (Å²) in [7, 11) is 3.33. The summed E-state index contributed by atoms with van der Waals surface area (Å²) >= 11 is 0.